The molecule has 0 saturated carbocycles. The van der Waals surface area contributed by atoms with E-state index < -0.39 is 0 Å². The van der Waals surface area contributed by atoms with Crippen LogP contribution in [0.1, 0.15) is 24.8 Å². The lowest BCUT2D eigenvalue weighted by Crippen LogP contribution is -2.55. The van der Waals surface area contributed by atoms with E-state index >= 15 is 0 Å². The zero-order valence-corrected chi connectivity index (χ0v) is 14.2. The number of anilines is 1. The highest BCUT2D eigenvalue weighted by atomic mass is 32.2. The number of benzene rings is 1. The summed E-state index contributed by atoms with van der Waals surface area (Å²) in [6.07, 6.45) is 4.12. The molecule has 1 aromatic carbocycles. The Hall–Kier alpha value is -1.04. The van der Waals surface area contributed by atoms with Gasteiger partial charge in [-0.15, -0.1) is 0 Å². The van der Waals surface area contributed by atoms with Crippen LogP contribution in [0.25, 0.3) is 0 Å². The Bertz CT molecular complexity index is 581. The molecule has 5 heteroatoms. The molecule has 0 aliphatic carbocycles. The van der Waals surface area contributed by atoms with Crippen LogP contribution < -0.4 is 5.32 Å². The molecule has 3 heterocycles. The number of para-hydroxylation sites is 1. The molecular weight excluding hydrogens is 308 g/mol. The van der Waals surface area contributed by atoms with Crippen LogP contribution in [0.3, 0.4) is 0 Å². The molecule has 23 heavy (non-hydrogen) atoms. The summed E-state index contributed by atoms with van der Waals surface area (Å²) in [5.74, 6) is 1.29. The molecule has 0 aromatic heterocycles. The molecule has 0 unspecified atom stereocenters. The number of nitrogens with one attached hydrogen (secondary N) is 1. The first-order chi connectivity index (χ1) is 11.3. The second-order valence-electron chi connectivity index (χ2n) is 6.82. The summed E-state index contributed by atoms with van der Waals surface area (Å²) in [6.45, 7) is 3.77. The molecule has 1 amide bonds. The van der Waals surface area contributed by atoms with Gasteiger partial charge in [-0.05, 0) is 37.3 Å². The Morgan fingerprint density at radius 2 is 2.09 bits per heavy atom. The minimum absolute atomic E-state index is 0.00280. The summed E-state index contributed by atoms with van der Waals surface area (Å²) in [6, 6.07) is 8.20. The van der Waals surface area contributed by atoms with Gasteiger partial charge in [0.1, 0.15) is 0 Å². The number of amides is 1. The lowest BCUT2D eigenvalue weighted by molar-refractivity contribution is -0.121. The van der Waals surface area contributed by atoms with Gasteiger partial charge in [-0.25, -0.2) is 0 Å². The first kappa shape index (κ1) is 15.5. The molecule has 1 spiro atoms. The van der Waals surface area contributed by atoms with E-state index in [9.17, 15) is 4.79 Å². The molecule has 4 rings (SSSR count). The fourth-order valence-electron chi connectivity index (χ4n) is 4.03. The fourth-order valence-corrected chi connectivity index (χ4v) is 5.51. The highest BCUT2D eigenvalue weighted by molar-refractivity contribution is 8.00. The van der Waals surface area contributed by atoms with Crippen molar-refractivity contribution in [1.29, 1.82) is 0 Å². The van der Waals surface area contributed by atoms with Crippen molar-refractivity contribution in [2.24, 2.45) is 0 Å². The molecule has 3 aliphatic rings. The van der Waals surface area contributed by atoms with Crippen molar-refractivity contribution in [3.8, 4) is 0 Å². The van der Waals surface area contributed by atoms with Crippen molar-refractivity contribution in [3.05, 3.63) is 29.8 Å². The molecule has 1 atom stereocenters. The van der Waals surface area contributed by atoms with Crippen LogP contribution in [-0.4, -0.2) is 53.7 Å². The number of thioether (sulfide) groups is 1. The number of hydrogen-bond acceptors (Lipinski definition) is 4. The summed E-state index contributed by atoms with van der Waals surface area (Å²) in [5.41, 5.74) is 2.25. The van der Waals surface area contributed by atoms with Gasteiger partial charge in [0.25, 0.3) is 0 Å². The van der Waals surface area contributed by atoms with Crippen molar-refractivity contribution in [1.82, 2.24) is 4.90 Å². The Morgan fingerprint density at radius 1 is 1.26 bits per heavy atom. The predicted molar refractivity (Wildman–Crippen MR) is 94.0 cm³/mol. The monoisotopic (exact) mass is 332 g/mol. The molecule has 3 aliphatic heterocycles. The first-order valence-electron chi connectivity index (χ1n) is 8.60. The lowest BCUT2D eigenvalue weighted by atomic mass is 9.96. The number of carbonyl (C=O) groups is 1. The van der Waals surface area contributed by atoms with Crippen LogP contribution in [0.2, 0.25) is 0 Å². The maximum atomic E-state index is 12.8. The van der Waals surface area contributed by atoms with E-state index in [1.807, 2.05) is 12.1 Å². The van der Waals surface area contributed by atoms with Crippen LogP contribution >= 0.6 is 11.8 Å². The van der Waals surface area contributed by atoms with Crippen molar-refractivity contribution in [2.45, 2.75) is 36.5 Å². The number of nitrogens with zero attached hydrogens (tertiary/aromatic N) is 1. The van der Waals surface area contributed by atoms with Gasteiger partial charge in [-0.1, -0.05) is 18.2 Å². The number of ether oxygens (including phenoxy) is 1. The van der Waals surface area contributed by atoms with Crippen LogP contribution in [0, 0.1) is 0 Å². The third kappa shape index (κ3) is 3.14. The normalized spacial score (nSPS) is 28.0. The lowest BCUT2D eigenvalue weighted by Gasteiger charge is -2.46. The smallest absolute Gasteiger partial charge is 0.241 e. The Labute approximate surface area is 142 Å². The van der Waals surface area contributed by atoms with E-state index in [-0.39, 0.29) is 11.9 Å². The van der Waals surface area contributed by atoms with E-state index in [1.54, 1.807) is 0 Å². The topological polar surface area (TPSA) is 41.6 Å². The minimum Gasteiger partial charge on any atom is -0.381 e. The summed E-state index contributed by atoms with van der Waals surface area (Å²) in [4.78, 5) is 15.2. The average Bonchev–Trinajstić information content (AvgIpc) is 2.74. The van der Waals surface area contributed by atoms with Crippen molar-refractivity contribution in [2.75, 3.05) is 37.4 Å². The summed E-state index contributed by atoms with van der Waals surface area (Å²) in [5, 5.41) is 3.15. The Kier molecular flexibility index (Phi) is 4.35. The zero-order chi connectivity index (χ0) is 15.7. The second kappa shape index (κ2) is 6.46. The van der Waals surface area contributed by atoms with Gasteiger partial charge in [0.05, 0.1) is 6.04 Å². The highest BCUT2D eigenvalue weighted by Gasteiger charge is 2.41. The molecule has 4 nitrogen and oxygen atoms in total. The number of fused-ring (bicyclic) bond motifs is 1. The molecule has 1 N–H and O–H groups in total. The van der Waals surface area contributed by atoms with E-state index in [0.717, 1.165) is 63.4 Å². The summed E-state index contributed by atoms with van der Waals surface area (Å²) >= 11 is 2.09. The predicted octanol–water partition coefficient (Wildman–Crippen LogP) is 2.54. The molecule has 2 saturated heterocycles. The van der Waals surface area contributed by atoms with Gasteiger partial charge < -0.3 is 10.1 Å². The maximum Gasteiger partial charge on any atom is 0.241 e. The molecule has 0 radical (unpaired) electrons. The van der Waals surface area contributed by atoms with Crippen LogP contribution in [0.15, 0.2) is 24.3 Å². The van der Waals surface area contributed by atoms with Crippen LogP contribution in [0.4, 0.5) is 5.69 Å². The van der Waals surface area contributed by atoms with E-state index in [2.05, 4.69) is 34.1 Å². The Morgan fingerprint density at radius 3 is 2.96 bits per heavy atom. The van der Waals surface area contributed by atoms with Crippen molar-refractivity contribution >= 4 is 23.4 Å². The van der Waals surface area contributed by atoms with Gasteiger partial charge in [0.2, 0.25) is 5.91 Å². The van der Waals surface area contributed by atoms with E-state index in [0.29, 0.717) is 4.75 Å². The molecule has 2 fully saturated rings. The van der Waals surface area contributed by atoms with Gasteiger partial charge in [-0.3, -0.25) is 9.69 Å². The average molecular weight is 332 g/mol. The molecular formula is C18H24N2O2S. The zero-order valence-electron chi connectivity index (χ0n) is 13.4. The number of hydrogen-bond donors (Lipinski definition) is 1. The largest absolute Gasteiger partial charge is 0.381 e. The van der Waals surface area contributed by atoms with E-state index in [1.165, 1.54) is 5.56 Å². The molecule has 1 aromatic rings. The number of carbonyl (C=O) groups excluding carboxylic acids is 1. The van der Waals surface area contributed by atoms with Crippen molar-refractivity contribution < 1.29 is 9.53 Å². The van der Waals surface area contributed by atoms with Crippen LogP contribution in [0.5, 0.6) is 0 Å². The number of aryl methyl sites for hydroxylation is 1. The molecule has 124 valence electrons. The highest BCUT2D eigenvalue weighted by Crippen LogP contribution is 2.40. The fraction of sp³-hybridized carbons (Fsp3) is 0.611. The van der Waals surface area contributed by atoms with Gasteiger partial charge in [-0.2, -0.15) is 11.8 Å². The third-order valence-corrected chi connectivity index (χ3v) is 6.92. The molecule has 0 bridgehead atoms. The van der Waals surface area contributed by atoms with Gasteiger partial charge in [0.15, 0.2) is 0 Å². The van der Waals surface area contributed by atoms with Gasteiger partial charge in [0, 0.05) is 42.5 Å². The number of rotatable bonds is 1. The Balaban J connectivity index is 1.50. The first-order valence-corrected chi connectivity index (χ1v) is 9.59. The van der Waals surface area contributed by atoms with Crippen LogP contribution in [-0.2, 0) is 16.0 Å². The summed E-state index contributed by atoms with van der Waals surface area (Å²) in [7, 11) is 0. The van der Waals surface area contributed by atoms with Gasteiger partial charge >= 0.3 is 0 Å². The quantitative estimate of drug-likeness (QED) is 0.858. The maximum absolute atomic E-state index is 12.8. The minimum atomic E-state index is 0.00280. The standard InChI is InChI=1S/C18H24N2O2S/c21-17-16(6-5-14-3-1-2-4-15(14)19-17)20-9-12-23-18(13-20)7-10-22-11-8-18/h1-4,16H,5-13H2,(H,19,21)/t16-/m0/s1. The second-order valence-corrected chi connectivity index (χ2v) is 8.38. The summed E-state index contributed by atoms with van der Waals surface area (Å²) < 4.78 is 5.85. The SMILES string of the molecule is O=C1Nc2ccccc2CC[C@@H]1N1CCSC2(CCOCC2)C1. The van der Waals surface area contributed by atoms with E-state index in [4.69, 9.17) is 4.74 Å². The third-order valence-electron chi connectivity index (χ3n) is 5.39. The van der Waals surface area contributed by atoms with Crippen molar-refractivity contribution in [3.63, 3.8) is 0 Å².